The zero-order chi connectivity index (χ0) is 14.4. The Morgan fingerprint density at radius 1 is 1.15 bits per heavy atom. The lowest BCUT2D eigenvalue weighted by Crippen LogP contribution is -2.21. The van der Waals surface area contributed by atoms with Crippen LogP contribution >= 0.6 is 0 Å². The van der Waals surface area contributed by atoms with Crippen molar-refractivity contribution in [2.45, 2.75) is 25.8 Å². The molecule has 0 radical (unpaired) electrons. The van der Waals surface area contributed by atoms with E-state index in [1.165, 1.54) is 5.56 Å². The first kappa shape index (κ1) is 14.1. The third-order valence-corrected chi connectivity index (χ3v) is 3.30. The second-order valence-corrected chi connectivity index (χ2v) is 4.83. The van der Waals surface area contributed by atoms with E-state index in [-0.39, 0.29) is 0 Å². The number of carboxylic acids is 1. The smallest absolute Gasteiger partial charge is 0.335 e. The number of nitrogens with one attached hydrogen (secondary N) is 1. The highest BCUT2D eigenvalue weighted by Gasteiger charge is 2.09. The lowest BCUT2D eigenvalue weighted by Gasteiger charge is -2.18. The average molecular weight is 269 g/mol. The Morgan fingerprint density at radius 2 is 1.90 bits per heavy atom. The summed E-state index contributed by atoms with van der Waals surface area (Å²) in [7, 11) is 0. The van der Waals surface area contributed by atoms with Crippen molar-refractivity contribution < 1.29 is 9.90 Å². The summed E-state index contributed by atoms with van der Waals surface area (Å²) < 4.78 is 0. The molecule has 0 spiro atoms. The topological polar surface area (TPSA) is 49.3 Å². The number of hydrogen-bond donors (Lipinski definition) is 2. The van der Waals surface area contributed by atoms with Gasteiger partial charge in [0.25, 0.3) is 0 Å². The normalized spacial score (nSPS) is 11.8. The molecule has 0 aliphatic heterocycles. The van der Waals surface area contributed by atoms with Crippen LogP contribution in [0.3, 0.4) is 0 Å². The maximum absolute atomic E-state index is 11.0. The summed E-state index contributed by atoms with van der Waals surface area (Å²) in [5.41, 5.74) is 2.44. The van der Waals surface area contributed by atoms with Gasteiger partial charge in [-0.05, 0) is 36.6 Å². The molecular weight excluding hydrogens is 250 g/mol. The van der Waals surface area contributed by atoms with Gasteiger partial charge in [0, 0.05) is 11.7 Å². The van der Waals surface area contributed by atoms with Gasteiger partial charge in [-0.15, -0.1) is 0 Å². The van der Waals surface area contributed by atoms with Crippen LogP contribution < -0.4 is 5.32 Å². The Bertz CT molecular complexity index is 566. The highest BCUT2D eigenvalue weighted by atomic mass is 16.4. The van der Waals surface area contributed by atoms with E-state index in [0.717, 1.165) is 18.5 Å². The van der Waals surface area contributed by atoms with Crippen molar-refractivity contribution in [3.63, 3.8) is 0 Å². The molecule has 3 nitrogen and oxygen atoms in total. The van der Waals surface area contributed by atoms with E-state index < -0.39 is 5.97 Å². The van der Waals surface area contributed by atoms with Gasteiger partial charge in [-0.25, -0.2) is 4.79 Å². The standard InChI is InChI=1S/C17H19NO2/c1-2-15(11-13-7-4-3-5-8-13)18-16-10-6-9-14(12-16)17(19)20/h3-10,12,15,18H,2,11H2,1H3,(H,19,20). The van der Waals surface area contributed by atoms with Gasteiger partial charge < -0.3 is 10.4 Å². The summed E-state index contributed by atoms with van der Waals surface area (Å²) in [4.78, 5) is 11.0. The van der Waals surface area contributed by atoms with Crippen molar-refractivity contribution in [1.82, 2.24) is 0 Å². The van der Waals surface area contributed by atoms with Crippen LogP contribution in [0.5, 0.6) is 0 Å². The second-order valence-electron chi connectivity index (χ2n) is 4.83. The van der Waals surface area contributed by atoms with Crippen molar-refractivity contribution in [2.24, 2.45) is 0 Å². The molecule has 2 aromatic rings. The van der Waals surface area contributed by atoms with Crippen molar-refractivity contribution in [3.05, 3.63) is 65.7 Å². The predicted molar refractivity (Wildman–Crippen MR) is 81.2 cm³/mol. The van der Waals surface area contributed by atoms with Gasteiger partial charge in [-0.1, -0.05) is 43.3 Å². The van der Waals surface area contributed by atoms with Gasteiger partial charge in [-0.3, -0.25) is 0 Å². The Labute approximate surface area is 119 Å². The molecule has 0 bridgehead atoms. The highest BCUT2D eigenvalue weighted by molar-refractivity contribution is 5.88. The lowest BCUT2D eigenvalue weighted by molar-refractivity contribution is 0.0697. The van der Waals surface area contributed by atoms with Gasteiger partial charge in [0.15, 0.2) is 0 Å². The summed E-state index contributed by atoms with van der Waals surface area (Å²) in [5.74, 6) is -0.898. The summed E-state index contributed by atoms with van der Waals surface area (Å²) in [6.07, 6.45) is 1.90. The molecule has 0 saturated heterocycles. The number of carbonyl (C=O) groups is 1. The van der Waals surface area contributed by atoms with Crippen LogP contribution in [0.4, 0.5) is 5.69 Å². The number of aromatic carboxylic acids is 1. The summed E-state index contributed by atoms with van der Waals surface area (Å²) in [6, 6.07) is 17.5. The molecule has 0 heterocycles. The maximum atomic E-state index is 11.0. The van der Waals surface area contributed by atoms with Crippen LogP contribution in [0.25, 0.3) is 0 Å². The molecule has 2 aromatic carbocycles. The second kappa shape index (κ2) is 6.75. The molecule has 1 unspecified atom stereocenters. The largest absolute Gasteiger partial charge is 0.478 e. The fraction of sp³-hybridized carbons (Fsp3) is 0.235. The quantitative estimate of drug-likeness (QED) is 0.838. The monoisotopic (exact) mass is 269 g/mol. The van der Waals surface area contributed by atoms with Crippen molar-refractivity contribution in [2.75, 3.05) is 5.32 Å². The van der Waals surface area contributed by atoms with E-state index in [4.69, 9.17) is 5.11 Å². The fourth-order valence-corrected chi connectivity index (χ4v) is 2.17. The minimum Gasteiger partial charge on any atom is -0.478 e. The van der Waals surface area contributed by atoms with Crippen molar-refractivity contribution in [3.8, 4) is 0 Å². The van der Waals surface area contributed by atoms with Crippen LogP contribution in [0.15, 0.2) is 54.6 Å². The maximum Gasteiger partial charge on any atom is 0.335 e. The van der Waals surface area contributed by atoms with Crippen molar-refractivity contribution in [1.29, 1.82) is 0 Å². The minimum atomic E-state index is -0.898. The first-order valence-corrected chi connectivity index (χ1v) is 6.83. The molecule has 2 N–H and O–H groups in total. The molecule has 0 aliphatic rings. The Morgan fingerprint density at radius 3 is 2.55 bits per heavy atom. The third kappa shape index (κ3) is 3.85. The molecule has 0 amide bonds. The van der Waals surface area contributed by atoms with Crippen LogP contribution in [0.2, 0.25) is 0 Å². The summed E-state index contributed by atoms with van der Waals surface area (Å²) >= 11 is 0. The average Bonchev–Trinajstić information content (AvgIpc) is 2.48. The van der Waals surface area contributed by atoms with Gasteiger partial charge in [0.2, 0.25) is 0 Å². The first-order valence-electron chi connectivity index (χ1n) is 6.83. The molecule has 0 fully saturated rings. The third-order valence-electron chi connectivity index (χ3n) is 3.30. The molecule has 104 valence electrons. The summed E-state index contributed by atoms with van der Waals surface area (Å²) in [6.45, 7) is 2.13. The molecule has 0 aromatic heterocycles. The van der Waals surface area contributed by atoms with E-state index >= 15 is 0 Å². The van der Waals surface area contributed by atoms with E-state index in [1.54, 1.807) is 18.2 Å². The van der Waals surface area contributed by atoms with Gasteiger partial charge in [-0.2, -0.15) is 0 Å². The van der Waals surface area contributed by atoms with E-state index in [0.29, 0.717) is 11.6 Å². The number of hydrogen-bond acceptors (Lipinski definition) is 2. The molecule has 0 saturated carbocycles. The zero-order valence-corrected chi connectivity index (χ0v) is 11.5. The Hall–Kier alpha value is -2.29. The SMILES string of the molecule is CCC(Cc1ccccc1)Nc1cccc(C(=O)O)c1. The fourth-order valence-electron chi connectivity index (χ4n) is 2.17. The zero-order valence-electron chi connectivity index (χ0n) is 11.5. The van der Waals surface area contributed by atoms with Crippen LogP contribution in [0.1, 0.15) is 29.3 Å². The van der Waals surface area contributed by atoms with Crippen LogP contribution in [0, 0.1) is 0 Å². The molecule has 0 aliphatic carbocycles. The molecular formula is C17H19NO2. The molecule has 2 rings (SSSR count). The Balaban J connectivity index is 2.06. The number of benzene rings is 2. The molecule has 1 atom stereocenters. The van der Waals surface area contributed by atoms with E-state index in [1.807, 2.05) is 24.3 Å². The predicted octanol–water partition coefficient (Wildman–Crippen LogP) is 3.82. The van der Waals surface area contributed by atoms with Crippen molar-refractivity contribution >= 4 is 11.7 Å². The molecule has 3 heteroatoms. The van der Waals surface area contributed by atoms with Gasteiger partial charge in [0.1, 0.15) is 0 Å². The van der Waals surface area contributed by atoms with Gasteiger partial charge >= 0.3 is 5.97 Å². The van der Waals surface area contributed by atoms with E-state index in [2.05, 4.69) is 24.4 Å². The number of rotatable bonds is 6. The lowest BCUT2D eigenvalue weighted by atomic mass is 10.0. The Kier molecular flexibility index (Phi) is 4.77. The van der Waals surface area contributed by atoms with Gasteiger partial charge in [0.05, 0.1) is 5.56 Å². The summed E-state index contributed by atoms with van der Waals surface area (Å²) in [5, 5.41) is 12.4. The number of carboxylic acid groups (broad SMARTS) is 1. The highest BCUT2D eigenvalue weighted by Crippen LogP contribution is 2.15. The minimum absolute atomic E-state index is 0.293. The van der Waals surface area contributed by atoms with E-state index in [9.17, 15) is 4.79 Å². The first-order chi connectivity index (χ1) is 9.69. The molecule has 20 heavy (non-hydrogen) atoms. The van der Waals surface area contributed by atoms with Crippen LogP contribution in [-0.2, 0) is 6.42 Å². The van der Waals surface area contributed by atoms with Crippen LogP contribution in [-0.4, -0.2) is 17.1 Å². The number of anilines is 1.